The van der Waals surface area contributed by atoms with Gasteiger partial charge >= 0.3 is 0 Å². The molecule has 0 spiro atoms. The van der Waals surface area contributed by atoms with E-state index >= 15 is 0 Å². The van der Waals surface area contributed by atoms with Crippen molar-refractivity contribution in [3.63, 3.8) is 0 Å². The molecule has 0 radical (unpaired) electrons. The second kappa shape index (κ2) is 6.06. The SMILES string of the molecule is O=C1CN(Cc2ccccc2)C(=S)N1Cc1ccccc1. The number of benzene rings is 2. The van der Waals surface area contributed by atoms with Gasteiger partial charge in [-0.05, 0) is 23.3 Å². The highest BCUT2D eigenvalue weighted by atomic mass is 32.1. The summed E-state index contributed by atoms with van der Waals surface area (Å²) in [5.41, 5.74) is 2.25. The van der Waals surface area contributed by atoms with Crippen LogP contribution in [-0.4, -0.2) is 27.4 Å². The first-order valence-corrected chi connectivity index (χ1v) is 7.32. The van der Waals surface area contributed by atoms with Crippen LogP contribution in [0.2, 0.25) is 0 Å². The number of hydrogen-bond acceptors (Lipinski definition) is 2. The van der Waals surface area contributed by atoms with E-state index in [1.165, 1.54) is 0 Å². The number of thiocarbonyl (C=S) groups is 1. The zero-order chi connectivity index (χ0) is 14.7. The molecule has 2 aromatic rings. The highest BCUT2D eigenvalue weighted by molar-refractivity contribution is 7.80. The lowest BCUT2D eigenvalue weighted by atomic mass is 10.2. The van der Waals surface area contributed by atoms with Crippen molar-refractivity contribution in [1.82, 2.24) is 9.80 Å². The van der Waals surface area contributed by atoms with Crippen LogP contribution in [0.3, 0.4) is 0 Å². The van der Waals surface area contributed by atoms with Gasteiger partial charge in [0, 0.05) is 6.54 Å². The Bertz CT molecular complexity index is 642. The Hall–Kier alpha value is -2.20. The molecule has 2 aromatic carbocycles. The van der Waals surface area contributed by atoms with E-state index in [-0.39, 0.29) is 5.91 Å². The molecule has 1 fully saturated rings. The predicted octanol–water partition coefficient (Wildman–Crippen LogP) is 2.82. The van der Waals surface area contributed by atoms with Crippen LogP contribution in [0.15, 0.2) is 60.7 Å². The van der Waals surface area contributed by atoms with Gasteiger partial charge in [0.05, 0.1) is 13.1 Å². The molecule has 1 heterocycles. The fourth-order valence-electron chi connectivity index (χ4n) is 2.44. The number of nitrogens with zero attached hydrogens (tertiary/aromatic N) is 2. The molecule has 1 saturated heterocycles. The third-order valence-corrected chi connectivity index (χ3v) is 4.01. The summed E-state index contributed by atoms with van der Waals surface area (Å²) in [5.74, 6) is 0.0692. The number of amides is 1. The summed E-state index contributed by atoms with van der Waals surface area (Å²) in [6.45, 7) is 1.58. The van der Waals surface area contributed by atoms with Crippen LogP contribution in [0.5, 0.6) is 0 Å². The summed E-state index contributed by atoms with van der Waals surface area (Å²) in [5, 5.41) is 0.618. The largest absolute Gasteiger partial charge is 0.335 e. The summed E-state index contributed by atoms with van der Waals surface area (Å²) in [6, 6.07) is 20.0. The number of rotatable bonds is 4. The van der Waals surface area contributed by atoms with Gasteiger partial charge in [-0.2, -0.15) is 0 Å². The molecule has 0 unspecified atom stereocenters. The molecule has 3 nitrogen and oxygen atoms in total. The normalized spacial score (nSPS) is 14.9. The van der Waals surface area contributed by atoms with E-state index in [0.29, 0.717) is 24.7 Å². The maximum absolute atomic E-state index is 12.2. The highest BCUT2D eigenvalue weighted by Gasteiger charge is 2.32. The Morgan fingerprint density at radius 3 is 1.95 bits per heavy atom. The van der Waals surface area contributed by atoms with E-state index in [2.05, 4.69) is 0 Å². The zero-order valence-electron chi connectivity index (χ0n) is 11.6. The lowest BCUT2D eigenvalue weighted by Gasteiger charge is -2.20. The monoisotopic (exact) mass is 296 g/mol. The van der Waals surface area contributed by atoms with Gasteiger partial charge in [-0.1, -0.05) is 60.7 Å². The minimum Gasteiger partial charge on any atom is -0.335 e. The molecule has 21 heavy (non-hydrogen) atoms. The molecule has 1 aliphatic rings. The lowest BCUT2D eigenvalue weighted by molar-refractivity contribution is -0.125. The van der Waals surface area contributed by atoms with Gasteiger partial charge < -0.3 is 4.90 Å². The molecular weight excluding hydrogens is 280 g/mol. The minimum absolute atomic E-state index is 0.0692. The Morgan fingerprint density at radius 2 is 1.38 bits per heavy atom. The molecule has 0 bridgehead atoms. The molecule has 1 amide bonds. The lowest BCUT2D eigenvalue weighted by Crippen LogP contribution is -2.32. The van der Waals surface area contributed by atoms with Crippen molar-refractivity contribution in [1.29, 1.82) is 0 Å². The fraction of sp³-hybridized carbons (Fsp3) is 0.176. The van der Waals surface area contributed by atoms with Crippen LogP contribution in [-0.2, 0) is 17.9 Å². The number of carbonyl (C=O) groups excluding carboxylic acids is 1. The van der Waals surface area contributed by atoms with E-state index in [1.54, 1.807) is 4.90 Å². The molecule has 0 atom stereocenters. The molecule has 0 N–H and O–H groups in total. The quantitative estimate of drug-likeness (QED) is 0.811. The van der Waals surface area contributed by atoms with Crippen molar-refractivity contribution in [2.24, 2.45) is 0 Å². The maximum Gasteiger partial charge on any atom is 0.248 e. The van der Waals surface area contributed by atoms with Crippen LogP contribution >= 0.6 is 12.2 Å². The smallest absolute Gasteiger partial charge is 0.248 e. The summed E-state index contributed by atoms with van der Waals surface area (Å²) < 4.78 is 0. The highest BCUT2D eigenvalue weighted by Crippen LogP contribution is 2.17. The molecule has 0 saturated carbocycles. The van der Waals surface area contributed by atoms with Gasteiger partial charge in [0.25, 0.3) is 0 Å². The summed E-state index contributed by atoms with van der Waals surface area (Å²) in [6.07, 6.45) is 0. The van der Waals surface area contributed by atoms with Crippen molar-refractivity contribution in [3.05, 3.63) is 71.8 Å². The summed E-state index contributed by atoms with van der Waals surface area (Å²) in [4.78, 5) is 15.8. The number of hydrogen-bond donors (Lipinski definition) is 0. The first-order chi connectivity index (χ1) is 10.2. The molecule has 3 rings (SSSR count). The van der Waals surface area contributed by atoms with E-state index in [9.17, 15) is 4.79 Å². The summed E-state index contributed by atoms with van der Waals surface area (Å²) in [7, 11) is 0. The fourth-order valence-corrected chi connectivity index (χ4v) is 2.74. The van der Waals surface area contributed by atoms with Crippen LogP contribution in [0.4, 0.5) is 0 Å². The third-order valence-electron chi connectivity index (χ3n) is 3.53. The standard InChI is InChI=1S/C17H16N2OS/c20-16-13-18(11-14-7-3-1-4-8-14)17(21)19(16)12-15-9-5-2-6-10-15/h1-10H,11-13H2. The Balaban J connectivity index is 1.70. The first-order valence-electron chi connectivity index (χ1n) is 6.91. The Labute approximate surface area is 129 Å². The van der Waals surface area contributed by atoms with Crippen molar-refractivity contribution in [2.45, 2.75) is 13.1 Å². The van der Waals surface area contributed by atoms with Gasteiger partial charge in [0.15, 0.2) is 5.11 Å². The third kappa shape index (κ3) is 3.11. The molecule has 106 valence electrons. The van der Waals surface area contributed by atoms with Gasteiger partial charge in [-0.25, -0.2) is 0 Å². The van der Waals surface area contributed by atoms with Crippen molar-refractivity contribution in [3.8, 4) is 0 Å². The zero-order valence-corrected chi connectivity index (χ0v) is 12.4. The molecule has 1 aliphatic heterocycles. The first kappa shape index (κ1) is 13.8. The van der Waals surface area contributed by atoms with Crippen LogP contribution in [0.1, 0.15) is 11.1 Å². The minimum atomic E-state index is 0.0692. The average molecular weight is 296 g/mol. The van der Waals surface area contributed by atoms with Crippen molar-refractivity contribution < 1.29 is 4.79 Å². The Kier molecular flexibility index (Phi) is 3.97. The van der Waals surface area contributed by atoms with E-state index in [0.717, 1.165) is 11.1 Å². The molecule has 0 aliphatic carbocycles. The molecule has 0 aromatic heterocycles. The van der Waals surface area contributed by atoms with Crippen molar-refractivity contribution in [2.75, 3.05) is 6.54 Å². The second-order valence-corrected chi connectivity index (χ2v) is 5.45. The van der Waals surface area contributed by atoms with Gasteiger partial charge in [0.2, 0.25) is 5.91 Å². The molecule has 4 heteroatoms. The summed E-state index contributed by atoms with van der Waals surface area (Å²) >= 11 is 5.47. The van der Waals surface area contributed by atoms with E-state index in [4.69, 9.17) is 12.2 Å². The maximum atomic E-state index is 12.2. The van der Waals surface area contributed by atoms with Crippen LogP contribution in [0, 0.1) is 0 Å². The topological polar surface area (TPSA) is 23.6 Å². The van der Waals surface area contributed by atoms with E-state index < -0.39 is 0 Å². The predicted molar refractivity (Wildman–Crippen MR) is 86.4 cm³/mol. The number of carbonyl (C=O) groups is 1. The van der Waals surface area contributed by atoms with E-state index in [1.807, 2.05) is 65.6 Å². The van der Waals surface area contributed by atoms with Crippen molar-refractivity contribution >= 4 is 23.2 Å². The average Bonchev–Trinajstić information content (AvgIpc) is 2.77. The van der Waals surface area contributed by atoms with Gasteiger partial charge in [-0.15, -0.1) is 0 Å². The van der Waals surface area contributed by atoms with Crippen LogP contribution < -0.4 is 0 Å². The van der Waals surface area contributed by atoms with Gasteiger partial charge in [-0.3, -0.25) is 9.69 Å². The van der Waals surface area contributed by atoms with Crippen LogP contribution in [0.25, 0.3) is 0 Å². The molecular formula is C17H16N2OS. The second-order valence-electron chi connectivity index (χ2n) is 5.09. The van der Waals surface area contributed by atoms with Gasteiger partial charge in [0.1, 0.15) is 0 Å². The Morgan fingerprint density at radius 1 is 0.857 bits per heavy atom.